The minimum atomic E-state index is -0.811. The lowest BCUT2D eigenvalue weighted by atomic mass is 10.0. The van der Waals surface area contributed by atoms with Gasteiger partial charge in [0.2, 0.25) is 0 Å². The highest BCUT2D eigenvalue weighted by atomic mass is 35.5. The fourth-order valence-electron chi connectivity index (χ4n) is 2.81. The number of morpholine rings is 1. The number of hydrogen-bond donors (Lipinski definition) is 1. The van der Waals surface area contributed by atoms with Crippen LogP contribution in [0.2, 0.25) is 0 Å². The molecule has 2 atom stereocenters. The third-order valence-corrected chi connectivity index (χ3v) is 3.97. The Morgan fingerprint density at radius 2 is 1.96 bits per heavy atom. The van der Waals surface area contributed by atoms with E-state index >= 15 is 0 Å². The number of ether oxygens (including phenoxy) is 1. The first-order valence-electron chi connectivity index (χ1n) is 7.54. The lowest BCUT2D eigenvalue weighted by Crippen LogP contribution is -2.44. The molecule has 3 rings (SSSR count). The Labute approximate surface area is 142 Å². The zero-order chi connectivity index (χ0) is 15.4. The van der Waals surface area contributed by atoms with E-state index in [1.165, 1.54) is 17.7 Å². The summed E-state index contributed by atoms with van der Waals surface area (Å²) in [7, 11) is 0. The zero-order valence-electron chi connectivity index (χ0n) is 12.8. The summed E-state index contributed by atoms with van der Waals surface area (Å²) in [5, 5.41) is 10.4. The quantitative estimate of drug-likeness (QED) is 0.930. The monoisotopic (exact) mass is 337 g/mol. The van der Waals surface area contributed by atoms with Crippen molar-refractivity contribution in [3.63, 3.8) is 0 Å². The standard InChI is InChI=1S/C18H20FNO2.ClH/c19-16-8-4-7-15(11-16)18(21)17-13-20(9-10-22-17)12-14-5-2-1-3-6-14;/h1-8,11,17-18,21H,9-10,12-13H2;1H/t17-,18?;/m1./s1. The first kappa shape index (κ1) is 17.9. The summed E-state index contributed by atoms with van der Waals surface area (Å²) in [6.45, 7) is 2.87. The van der Waals surface area contributed by atoms with Crippen LogP contribution in [0.4, 0.5) is 4.39 Å². The molecule has 1 unspecified atom stereocenters. The number of hydrogen-bond acceptors (Lipinski definition) is 3. The van der Waals surface area contributed by atoms with E-state index in [0.717, 1.165) is 13.1 Å². The van der Waals surface area contributed by atoms with Crippen LogP contribution in [0.5, 0.6) is 0 Å². The van der Waals surface area contributed by atoms with Crippen LogP contribution in [0, 0.1) is 5.82 Å². The van der Waals surface area contributed by atoms with Crippen molar-refractivity contribution in [2.24, 2.45) is 0 Å². The molecule has 0 aliphatic carbocycles. The molecule has 5 heteroatoms. The molecule has 1 fully saturated rings. The minimum absolute atomic E-state index is 0. The van der Waals surface area contributed by atoms with Crippen LogP contribution in [0.25, 0.3) is 0 Å². The Kier molecular flexibility index (Phi) is 6.54. The van der Waals surface area contributed by atoms with Gasteiger partial charge in [0.25, 0.3) is 0 Å². The van der Waals surface area contributed by atoms with Crippen molar-refractivity contribution in [3.8, 4) is 0 Å². The molecule has 0 saturated carbocycles. The predicted molar refractivity (Wildman–Crippen MR) is 90.1 cm³/mol. The topological polar surface area (TPSA) is 32.7 Å². The van der Waals surface area contributed by atoms with Crippen molar-refractivity contribution in [3.05, 3.63) is 71.5 Å². The predicted octanol–water partition coefficient (Wildman–Crippen LogP) is 3.18. The summed E-state index contributed by atoms with van der Waals surface area (Å²) >= 11 is 0. The molecule has 0 amide bonds. The van der Waals surface area contributed by atoms with Crippen LogP contribution in [0.15, 0.2) is 54.6 Å². The van der Waals surface area contributed by atoms with Gasteiger partial charge < -0.3 is 9.84 Å². The maximum absolute atomic E-state index is 13.3. The molecular weight excluding hydrogens is 317 g/mol. The van der Waals surface area contributed by atoms with Crippen molar-refractivity contribution in [1.82, 2.24) is 4.90 Å². The molecule has 2 aromatic carbocycles. The van der Waals surface area contributed by atoms with Gasteiger partial charge in [-0.25, -0.2) is 4.39 Å². The smallest absolute Gasteiger partial charge is 0.123 e. The van der Waals surface area contributed by atoms with Crippen molar-refractivity contribution in [2.45, 2.75) is 18.8 Å². The van der Waals surface area contributed by atoms with Gasteiger partial charge in [-0.05, 0) is 23.3 Å². The van der Waals surface area contributed by atoms with E-state index < -0.39 is 6.10 Å². The number of aliphatic hydroxyl groups excluding tert-OH is 1. The van der Waals surface area contributed by atoms with Crippen LogP contribution in [0.1, 0.15) is 17.2 Å². The second kappa shape index (κ2) is 8.41. The van der Waals surface area contributed by atoms with Crippen LogP contribution in [-0.4, -0.2) is 35.8 Å². The summed E-state index contributed by atoms with van der Waals surface area (Å²) in [6.07, 6.45) is -1.14. The maximum atomic E-state index is 13.3. The van der Waals surface area contributed by atoms with E-state index in [9.17, 15) is 9.50 Å². The molecule has 1 N–H and O–H groups in total. The van der Waals surface area contributed by atoms with Crippen molar-refractivity contribution in [2.75, 3.05) is 19.7 Å². The molecule has 1 aliphatic heterocycles. The molecule has 23 heavy (non-hydrogen) atoms. The van der Waals surface area contributed by atoms with E-state index in [2.05, 4.69) is 17.0 Å². The second-order valence-electron chi connectivity index (χ2n) is 5.63. The summed E-state index contributed by atoms with van der Waals surface area (Å²) in [5.74, 6) is -0.339. The number of nitrogens with zero attached hydrogens (tertiary/aromatic N) is 1. The highest BCUT2D eigenvalue weighted by molar-refractivity contribution is 5.85. The maximum Gasteiger partial charge on any atom is 0.123 e. The van der Waals surface area contributed by atoms with Crippen molar-refractivity contribution >= 4 is 12.4 Å². The average molecular weight is 338 g/mol. The van der Waals surface area contributed by atoms with Gasteiger partial charge in [0.05, 0.1) is 6.61 Å². The van der Waals surface area contributed by atoms with Gasteiger partial charge in [-0.1, -0.05) is 42.5 Å². The molecule has 2 aromatic rings. The molecule has 0 radical (unpaired) electrons. The minimum Gasteiger partial charge on any atom is -0.386 e. The van der Waals surface area contributed by atoms with Gasteiger partial charge in [-0.3, -0.25) is 4.90 Å². The van der Waals surface area contributed by atoms with E-state index in [1.54, 1.807) is 12.1 Å². The molecule has 1 saturated heterocycles. The van der Waals surface area contributed by atoms with Crippen molar-refractivity contribution < 1.29 is 14.2 Å². The lowest BCUT2D eigenvalue weighted by Gasteiger charge is -2.35. The van der Waals surface area contributed by atoms with Gasteiger partial charge >= 0.3 is 0 Å². The van der Waals surface area contributed by atoms with E-state index in [0.29, 0.717) is 18.7 Å². The molecule has 124 valence electrons. The van der Waals surface area contributed by atoms with Gasteiger partial charge in [0, 0.05) is 19.6 Å². The number of aliphatic hydroxyl groups is 1. The Balaban J connectivity index is 0.00000192. The molecule has 0 spiro atoms. The Morgan fingerprint density at radius 3 is 2.70 bits per heavy atom. The van der Waals surface area contributed by atoms with E-state index in [4.69, 9.17) is 4.74 Å². The molecule has 1 aliphatic rings. The van der Waals surface area contributed by atoms with Crippen molar-refractivity contribution in [1.29, 1.82) is 0 Å². The number of rotatable bonds is 4. The number of benzene rings is 2. The van der Waals surface area contributed by atoms with Gasteiger partial charge in [0.15, 0.2) is 0 Å². The molecular formula is C18H21ClFNO2. The normalized spacial score (nSPS) is 19.8. The highest BCUT2D eigenvalue weighted by Gasteiger charge is 2.28. The Morgan fingerprint density at radius 1 is 1.17 bits per heavy atom. The average Bonchev–Trinajstić information content (AvgIpc) is 2.55. The first-order valence-corrected chi connectivity index (χ1v) is 7.54. The van der Waals surface area contributed by atoms with E-state index in [-0.39, 0.29) is 24.3 Å². The fourth-order valence-corrected chi connectivity index (χ4v) is 2.81. The highest BCUT2D eigenvalue weighted by Crippen LogP contribution is 2.23. The fraction of sp³-hybridized carbons (Fsp3) is 0.333. The third-order valence-electron chi connectivity index (χ3n) is 3.97. The number of halogens is 2. The Hall–Kier alpha value is -1.46. The lowest BCUT2D eigenvalue weighted by molar-refractivity contribution is -0.0919. The van der Waals surface area contributed by atoms with Crippen LogP contribution in [0.3, 0.4) is 0 Å². The van der Waals surface area contributed by atoms with Crippen LogP contribution in [-0.2, 0) is 11.3 Å². The molecule has 3 nitrogen and oxygen atoms in total. The zero-order valence-corrected chi connectivity index (χ0v) is 13.6. The molecule has 1 heterocycles. The largest absolute Gasteiger partial charge is 0.386 e. The van der Waals surface area contributed by atoms with Gasteiger partial charge in [-0.15, -0.1) is 12.4 Å². The SMILES string of the molecule is Cl.OC(c1cccc(F)c1)[C@H]1CN(Cc2ccccc2)CCO1. The van der Waals surface area contributed by atoms with Crippen LogP contribution < -0.4 is 0 Å². The summed E-state index contributed by atoms with van der Waals surface area (Å²) in [5.41, 5.74) is 1.80. The van der Waals surface area contributed by atoms with Crippen LogP contribution >= 0.6 is 12.4 Å². The van der Waals surface area contributed by atoms with Gasteiger partial charge in [0.1, 0.15) is 18.0 Å². The summed E-state index contributed by atoms with van der Waals surface area (Å²) in [6, 6.07) is 16.3. The summed E-state index contributed by atoms with van der Waals surface area (Å²) in [4.78, 5) is 2.26. The first-order chi connectivity index (χ1) is 10.7. The second-order valence-corrected chi connectivity index (χ2v) is 5.63. The van der Waals surface area contributed by atoms with E-state index in [1.807, 2.05) is 18.2 Å². The third kappa shape index (κ3) is 4.75. The molecule has 0 aromatic heterocycles. The summed E-state index contributed by atoms with van der Waals surface area (Å²) < 4.78 is 19.0. The Bertz CT molecular complexity index is 611. The molecule has 0 bridgehead atoms. The van der Waals surface area contributed by atoms with Gasteiger partial charge in [-0.2, -0.15) is 0 Å².